The van der Waals surface area contributed by atoms with E-state index in [4.69, 9.17) is 10.2 Å². The van der Waals surface area contributed by atoms with Gasteiger partial charge in [-0.2, -0.15) is 0 Å². The Labute approximate surface area is 112 Å². The van der Waals surface area contributed by atoms with E-state index in [1.54, 1.807) is 20.8 Å². The number of carbonyl (C=O) groups is 1. The highest BCUT2D eigenvalue weighted by atomic mass is 32.2. The Morgan fingerprint density at radius 1 is 1.42 bits per heavy atom. The summed E-state index contributed by atoms with van der Waals surface area (Å²) in [7, 11) is -3.81. The topological polar surface area (TPSA) is 109 Å². The molecule has 0 aliphatic rings. The van der Waals surface area contributed by atoms with Crippen molar-refractivity contribution in [3.63, 3.8) is 0 Å². The Kier molecular flexibility index (Phi) is 4.54. The summed E-state index contributed by atoms with van der Waals surface area (Å²) in [5.74, 6) is -0.986. The number of nitrogens with two attached hydrogens (primary N) is 1. The van der Waals surface area contributed by atoms with Gasteiger partial charge < -0.3 is 10.4 Å². The van der Waals surface area contributed by atoms with Crippen LogP contribution in [0, 0.1) is 13.8 Å². The summed E-state index contributed by atoms with van der Waals surface area (Å²) in [6.07, 6.45) is 0.382. The van der Waals surface area contributed by atoms with Crippen LogP contribution in [0.2, 0.25) is 0 Å². The minimum Gasteiger partial charge on any atom is -0.480 e. The Bertz CT molecular complexity index is 596. The van der Waals surface area contributed by atoms with Crippen molar-refractivity contribution in [1.29, 1.82) is 0 Å². The predicted molar refractivity (Wildman–Crippen MR) is 72.6 cm³/mol. The van der Waals surface area contributed by atoms with E-state index in [9.17, 15) is 13.2 Å². The third-order valence-electron chi connectivity index (χ3n) is 3.01. The zero-order valence-electron chi connectivity index (χ0n) is 11.1. The summed E-state index contributed by atoms with van der Waals surface area (Å²) >= 11 is 0. The summed E-state index contributed by atoms with van der Waals surface area (Å²) in [5, 5.41) is 16.9. The van der Waals surface area contributed by atoms with Crippen molar-refractivity contribution in [2.75, 3.05) is 5.32 Å². The van der Waals surface area contributed by atoms with Crippen LogP contribution in [0.25, 0.3) is 0 Å². The van der Waals surface area contributed by atoms with E-state index in [1.165, 1.54) is 12.1 Å². The van der Waals surface area contributed by atoms with Crippen LogP contribution >= 0.6 is 0 Å². The number of sulfonamides is 1. The van der Waals surface area contributed by atoms with Gasteiger partial charge in [-0.3, -0.25) is 0 Å². The molecule has 1 aromatic rings. The number of rotatable bonds is 5. The van der Waals surface area contributed by atoms with E-state index >= 15 is 0 Å². The zero-order valence-corrected chi connectivity index (χ0v) is 11.9. The highest BCUT2D eigenvalue weighted by Crippen LogP contribution is 2.24. The lowest BCUT2D eigenvalue weighted by Crippen LogP contribution is -2.29. The summed E-state index contributed by atoms with van der Waals surface area (Å²) in [6, 6.07) is 2.06. The average Bonchev–Trinajstić information content (AvgIpc) is 2.28. The number of aliphatic carboxylic acids is 1. The van der Waals surface area contributed by atoms with E-state index < -0.39 is 22.0 Å². The van der Waals surface area contributed by atoms with Crippen molar-refractivity contribution in [3.8, 4) is 0 Å². The molecule has 4 N–H and O–H groups in total. The maximum absolute atomic E-state index is 11.4. The van der Waals surface area contributed by atoms with Crippen molar-refractivity contribution in [2.45, 2.75) is 38.1 Å². The van der Waals surface area contributed by atoms with E-state index in [0.717, 1.165) is 11.1 Å². The number of anilines is 1. The molecule has 0 amide bonds. The molecule has 0 spiro atoms. The van der Waals surface area contributed by atoms with Gasteiger partial charge in [0, 0.05) is 5.69 Å². The second kappa shape index (κ2) is 5.58. The molecule has 6 nitrogen and oxygen atoms in total. The van der Waals surface area contributed by atoms with Crippen LogP contribution < -0.4 is 10.5 Å². The third-order valence-corrected chi connectivity index (χ3v) is 3.90. The molecule has 106 valence electrons. The van der Waals surface area contributed by atoms with Gasteiger partial charge in [-0.05, 0) is 43.5 Å². The fourth-order valence-corrected chi connectivity index (χ4v) is 2.29. The lowest BCUT2D eigenvalue weighted by molar-refractivity contribution is -0.137. The van der Waals surface area contributed by atoms with E-state index in [2.05, 4.69) is 5.32 Å². The van der Waals surface area contributed by atoms with E-state index in [-0.39, 0.29) is 4.90 Å². The zero-order chi connectivity index (χ0) is 14.8. The van der Waals surface area contributed by atoms with Crippen LogP contribution in [0.3, 0.4) is 0 Å². The SMILES string of the molecule is CCC(Nc1cc(S(N)(=O)=O)cc(C)c1C)C(=O)O. The molecule has 0 aromatic heterocycles. The van der Waals surface area contributed by atoms with Gasteiger partial charge >= 0.3 is 5.97 Å². The average molecular weight is 286 g/mol. The van der Waals surface area contributed by atoms with Crippen LogP contribution in [0.15, 0.2) is 17.0 Å². The van der Waals surface area contributed by atoms with E-state index in [0.29, 0.717) is 12.1 Å². The van der Waals surface area contributed by atoms with Crippen LogP contribution in [0.1, 0.15) is 24.5 Å². The molecule has 0 aliphatic heterocycles. The molecule has 1 atom stereocenters. The summed E-state index contributed by atoms with van der Waals surface area (Å²) < 4.78 is 22.7. The molecule has 7 heteroatoms. The lowest BCUT2D eigenvalue weighted by Gasteiger charge is -2.18. The first kappa shape index (κ1) is 15.5. The molecule has 19 heavy (non-hydrogen) atoms. The minimum absolute atomic E-state index is 0.0293. The predicted octanol–water partition coefficient (Wildman–Crippen LogP) is 1.23. The van der Waals surface area contributed by atoms with Gasteiger partial charge in [0.1, 0.15) is 6.04 Å². The van der Waals surface area contributed by atoms with Crippen molar-refractivity contribution < 1.29 is 18.3 Å². The first-order chi connectivity index (χ1) is 8.66. The molecular weight excluding hydrogens is 268 g/mol. The lowest BCUT2D eigenvalue weighted by atomic mass is 10.1. The van der Waals surface area contributed by atoms with Gasteiger partial charge in [-0.15, -0.1) is 0 Å². The van der Waals surface area contributed by atoms with Gasteiger partial charge in [-0.1, -0.05) is 6.92 Å². The standard InChI is InChI=1S/C12H18N2O4S/c1-4-10(12(15)16)14-11-6-9(19(13,17)18)5-7(2)8(11)3/h5-6,10,14H,4H2,1-3H3,(H,15,16)(H2,13,17,18). The van der Waals surface area contributed by atoms with Crippen LogP contribution in [-0.2, 0) is 14.8 Å². The molecule has 0 radical (unpaired) electrons. The second-order valence-corrected chi connectivity index (χ2v) is 5.96. The largest absolute Gasteiger partial charge is 0.480 e. The molecule has 1 aromatic carbocycles. The normalized spacial score (nSPS) is 13.1. The molecule has 1 unspecified atom stereocenters. The Morgan fingerprint density at radius 2 is 2.00 bits per heavy atom. The Hall–Kier alpha value is -1.60. The number of aryl methyl sites for hydroxylation is 1. The maximum atomic E-state index is 11.4. The van der Waals surface area contributed by atoms with Crippen molar-refractivity contribution >= 4 is 21.7 Å². The number of hydrogen-bond acceptors (Lipinski definition) is 4. The number of hydrogen-bond donors (Lipinski definition) is 3. The highest BCUT2D eigenvalue weighted by Gasteiger charge is 2.18. The van der Waals surface area contributed by atoms with Gasteiger partial charge in [-0.25, -0.2) is 18.4 Å². The monoisotopic (exact) mass is 286 g/mol. The Morgan fingerprint density at radius 3 is 2.42 bits per heavy atom. The minimum atomic E-state index is -3.81. The number of benzene rings is 1. The van der Waals surface area contributed by atoms with Crippen LogP contribution in [0.5, 0.6) is 0 Å². The maximum Gasteiger partial charge on any atom is 0.326 e. The van der Waals surface area contributed by atoms with Crippen LogP contribution in [0.4, 0.5) is 5.69 Å². The molecule has 0 heterocycles. The second-order valence-electron chi connectivity index (χ2n) is 4.40. The van der Waals surface area contributed by atoms with Gasteiger partial charge in [0.05, 0.1) is 4.90 Å². The van der Waals surface area contributed by atoms with Crippen LogP contribution in [-0.4, -0.2) is 25.5 Å². The van der Waals surface area contributed by atoms with Crippen molar-refractivity contribution in [2.24, 2.45) is 5.14 Å². The molecule has 1 rings (SSSR count). The fraction of sp³-hybridized carbons (Fsp3) is 0.417. The number of nitrogens with one attached hydrogen (secondary N) is 1. The number of carboxylic acid groups (broad SMARTS) is 1. The summed E-state index contributed by atoms with van der Waals surface area (Å²) in [5.41, 5.74) is 2.00. The van der Waals surface area contributed by atoms with Gasteiger partial charge in [0.2, 0.25) is 10.0 Å². The van der Waals surface area contributed by atoms with Gasteiger partial charge in [0.25, 0.3) is 0 Å². The smallest absolute Gasteiger partial charge is 0.326 e. The first-order valence-corrected chi connectivity index (χ1v) is 7.34. The quantitative estimate of drug-likeness (QED) is 0.754. The summed E-state index contributed by atoms with van der Waals surface area (Å²) in [4.78, 5) is 11.0. The summed E-state index contributed by atoms with van der Waals surface area (Å²) in [6.45, 7) is 5.27. The van der Waals surface area contributed by atoms with Crippen molar-refractivity contribution in [3.05, 3.63) is 23.3 Å². The molecule has 0 aliphatic carbocycles. The Balaban J connectivity index is 3.27. The fourth-order valence-electron chi connectivity index (χ4n) is 1.67. The van der Waals surface area contributed by atoms with Crippen molar-refractivity contribution in [1.82, 2.24) is 0 Å². The molecule has 0 bridgehead atoms. The third kappa shape index (κ3) is 3.68. The van der Waals surface area contributed by atoms with Gasteiger partial charge in [0.15, 0.2) is 0 Å². The first-order valence-electron chi connectivity index (χ1n) is 5.80. The van der Waals surface area contributed by atoms with E-state index in [1.807, 2.05) is 0 Å². The molecule has 0 saturated heterocycles. The number of carboxylic acids is 1. The molecular formula is C12H18N2O4S. The molecule has 0 saturated carbocycles. The molecule has 0 fully saturated rings. The highest BCUT2D eigenvalue weighted by molar-refractivity contribution is 7.89. The number of primary sulfonamides is 1.